The van der Waals surface area contributed by atoms with Crippen LogP contribution >= 0.6 is 27.5 Å². The highest BCUT2D eigenvalue weighted by atomic mass is 79.9. The molecule has 0 heterocycles. The first-order valence-corrected chi connectivity index (χ1v) is 5.30. The summed E-state index contributed by atoms with van der Waals surface area (Å²) < 4.78 is 6.08. The van der Waals surface area contributed by atoms with Gasteiger partial charge in [0, 0.05) is 4.47 Å². The van der Waals surface area contributed by atoms with Gasteiger partial charge in [0.2, 0.25) is 5.91 Å². The van der Waals surface area contributed by atoms with Crippen molar-refractivity contribution >= 4 is 33.4 Å². The molecule has 0 bridgehead atoms. The van der Waals surface area contributed by atoms with Gasteiger partial charge in [-0.2, -0.15) is 0 Å². The second-order valence-electron chi connectivity index (χ2n) is 2.89. The Morgan fingerprint density at radius 2 is 2.27 bits per heavy atom. The minimum atomic E-state index is -0.829. The second-order valence-corrected chi connectivity index (χ2v) is 4.22. The minimum Gasteiger partial charge on any atom is -0.490 e. The van der Waals surface area contributed by atoms with Gasteiger partial charge in [0.05, 0.1) is 5.02 Å². The molecule has 6 heteroatoms. The number of ether oxygens (including phenoxy) is 1. The third-order valence-corrected chi connectivity index (χ3v) is 2.47. The van der Waals surface area contributed by atoms with Crippen LogP contribution in [0.1, 0.15) is 0 Å². The second kappa shape index (κ2) is 5.34. The maximum Gasteiger partial charge on any atom is 0.237 e. The largest absolute Gasteiger partial charge is 0.490 e. The van der Waals surface area contributed by atoms with E-state index in [1.54, 1.807) is 18.2 Å². The topological polar surface area (TPSA) is 78.3 Å². The summed E-state index contributed by atoms with van der Waals surface area (Å²) in [7, 11) is 0. The number of rotatable bonds is 4. The van der Waals surface area contributed by atoms with Crippen molar-refractivity contribution in [2.24, 2.45) is 11.5 Å². The van der Waals surface area contributed by atoms with Crippen molar-refractivity contribution in [2.75, 3.05) is 6.61 Å². The zero-order valence-electron chi connectivity index (χ0n) is 7.74. The van der Waals surface area contributed by atoms with Crippen molar-refractivity contribution in [1.82, 2.24) is 0 Å². The predicted octanol–water partition coefficient (Wildman–Crippen LogP) is 1.29. The fourth-order valence-corrected chi connectivity index (χ4v) is 1.58. The Morgan fingerprint density at radius 3 is 2.80 bits per heavy atom. The molecular formula is C9H10BrClN2O2. The van der Waals surface area contributed by atoms with E-state index >= 15 is 0 Å². The molecule has 1 aromatic rings. The molecule has 0 aliphatic rings. The smallest absolute Gasteiger partial charge is 0.237 e. The van der Waals surface area contributed by atoms with Gasteiger partial charge in [0.1, 0.15) is 18.4 Å². The van der Waals surface area contributed by atoms with Crippen LogP contribution in [0.4, 0.5) is 0 Å². The first-order chi connectivity index (χ1) is 7.00. The summed E-state index contributed by atoms with van der Waals surface area (Å²) in [6.45, 7) is 0.0106. The molecule has 4 nitrogen and oxygen atoms in total. The maximum absolute atomic E-state index is 10.6. The van der Waals surface area contributed by atoms with Crippen LogP contribution in [0.15, 0.2) is 22.7 Å². The van der Waals surface area contributed by atoms with Gasteiger partial charge < -0.3 is 16.2 Å². The monoisotopic (exact) mass is 292 g/mol. The van der Waals surface area contributed by atoms with Crippen molar-refractivity contribution in [3.8, 4) is 5.75 Å². The van der Waals surface area contributed by atoms with Crippen molar-refractivity contribution in [3.63, 3.8) is 0 Å². The van der Waals surface area contributed by atoms with Crippen molar-refractivity contribution in [1.29, 1.82) is 0 Å². The van der Waals surface area contributed by atoms with E-state index in [-0.39, 0.29) is 6.61 Å². The molecule has 0 spiro atoms. The summed E-state index contributed by atoms with van der Waals surface area (Å²) in [6, 6.07) is 4.31. The third-order valence-electron chi connectivity index (χ3n) is 1.68. The molecule has 1 rings (SSSR count). The Hall–Kier alpha value is -0.780. The summed E-state index contributed by atoms with van der Waals surface area (Å²) in [5.41, 5.74) is 10.4. The molecule has 0 fully saturated rings. The Kier molecular flexibility index (Phi) is 4.38. The van der Waals surface area contributed by atoms with Gasteiger partial charge in [-0.15, -0.1) is 0 Å². The lowest BCUT2D eigenvalue weighted by atomic mass is 10.3. The Balaban J connectivity index is 2.62. The van der Waals surface area contributed by atoms with Gasteiger partial charge in [-0.1, -0.05) is 27.5 Å². The van der Waals surface area contributed by atoms with E-state index in [9.17, 15) is 4.79 Å². The molecule has 0 aromatic heterocycles. The van der Waals surface area contributed by atoms with Gasteiger partial charge in [0.25, 0.3) is 0 Å². The van der Waals surface area contributed by atoms with Gasteiger partial charge in [-0.05, 0) is 18.2 Å². The van der Waals surface area contributed by atoms with Crippen LogP contribution in [0.25, 0.3) is 0 Å². The zero-order valence-corrected chi connectivity index (χ0v) is 10.1. The van der Waals surface area contributed by atoms with Crippen LogP contribution in [0.2, 0.25) is 5.02 Å². The summed E-state index contributed by atoms with van der Waals surface area (Å²) in [5, 5.41) is 0.445. The summed E-state index contributed by atoms with van der Waals surface area (Å²) in [4.78, 5) is 10.6. The summed E-state index contributed by atoms with van der Waals surface area (Å²) in [6.07, 6.45) is 0. The highest BCUT2D eigenvalue weighted by molar-refractivity contribution is 9.10. The van der Waals surface area contributed by atoms with Crippen LogP contribution in [0, 0.1) is 0 Å². The van der Waals surface area contributed by atoms with Crippen LogP contribution in [0.3, 0.4) is 0 Å². The van der Waals surface area contributed by atoms with E-state index in [4.69, 9.17) is 27.8 Å². The number of amides is 1. The van der Waals surface area contributed by atoms with Crippen LogP contribution in [0.5, 0.6) is 5.75 Å². The first-order valence-electron chi connectivity index (χ1n) is 4.13. The normalized spacial score (nSPS) is 12.2. The van der Waals surface area contributed by atoms with Crippen molar-refractivity contribution < 1.29 is 9.53 Å². The van der Waals surface area contributed by atoms with E-state index in [2.05, 4.69) is 15.9 Å². The van der Waals surface area contributed by atoms with E-state index < -0.39 is 11.9 Å². The molecule has 1 amide bonds. The number of carbonyl (C=O) groups is 1. The average Bonchev–Trinajstić information content (AvgIpc) is 2.15. The predicted molar refractivity (Wildman–Crippen MR) is 61.8 cm³/mol. The molecular weight excluding hydrogens is 283 g/mol. The standard InChI is InChI=1S/C9H10BrClN2O2/c10-5-1-2-8(6(11)3-5)15-4-7(12)9(13)14/h1-3,7H,4,12H2,(H2,13,14). The van der Waals surface area contributed by atoms with Crippen molar-refractivity contribution in [3.05, 3.63) is 27.7 Å². The number of halogens is 2. The molecule has 1 aromatic carbocycles. The number of hydrogen-bond donors (Lipinski definition) is 2. The number of nitrogens with two attached hydrogens (primary N) is 2. The number of carbonyl (C=O) groups excluding carboxylic acids is 1. The Morgan fingerprint density at radius 1 is 1.60 bits per heavy atom. The molecule has 0 saturated carbocycles. The molecule has 82 valence electrons. The number of hydrogen-bond acceptors (Lipinski definition) is 3. The van der Waals surface area contributed by atoms with Gasteiger partial charge in [-0.25, -0.2) is 0 Å². The van der Waals surface area contributed by atoms with Gasteiger partial charge in [0.15, 0.2) is 0 Å². The quantitative estimate of drug-likeness (QED) is 0.878. The van der Waals surface area contributed by atoms with Crippen molar-refractivity contribution in [2.45, 2.75) is 6.04 Å². The Labute approximate surface area is 101 Å². The average molecular weight is 294 g/mol. The fraction of sp³-hybridized carbons (Fsp3) is 0.222. The lowest BCUT2D eigenvalue weighted by Crippen LogP contribution is -2.41. The number of benzene rings is 1. The molecule has 4 N–H and O–H groups in total. The molecule has 1 atom stereocenters. The Bertz CT molecular complexity index is 373. The van der Waals surface area contributed by atoms with E-state index in [1.165, 1.54) is 0 Å². The molecule has 0 saturated heterocycles. The highest BCUT2D eigenvalue weighted by Gasteiger charge is 2.11. The van der Waals surface area contributed by atoms with Crippen LogP contribution in [-0.4, -0.2) is 18.6 Å². The lowest BCUT2D eigenvalue weighted by Gasteiger charge is -2.11. The zero-order chi connectivity index (χ0) is 11.4. The fourth-order valence-electron chi connectivity index (χ4n) is 0.854. The summed E-state index contributed by atoms with van der Waals surface area (Å²) in [5.74, 6) is -0.139. The van der Waals surface area contributed by atoms with Crippen LogP contribution in [-0.2, 0) is 4.79 Å². The maximum atomic E-state index is 10.6. The minimum absolute atomic E-state index is 0.0106. The van der Waals surface area contributed by atoms with E-state index in [1.807, 2.05) is 0 Å². The number of primary amides is 1. The van der Waals surface area contributed by atoms with E-state index in [0.29, 0.717) is 10.8 Å². The molecule has 15 heavy (non-hydrogen) atoms. The third kappa shape index (κ3) is 3.70. The molecule has 0 radical (unpaired) electrons. The lowest BCUT2D eigenvalue weighted by molar-refractivity contribution is -0.119. The molecule has 1 unspecified atom stereocenters. The summed E-state index contributed by atoms with van der Waals surface area (Å²) >= 11 is 9.14. The SMILES string of the molecule is NC(=O)C(N)COc1ccc(Br)cc1Cl. The molecule has 0 aliphatic carbocycles. The van der Waals surface area contributed by atoms with Gasteiger partial charge in [-0.3, -0.25) is 4.79 Å². The first kappa shape index (κ1) is 12.3. The van der Waals surface area contributed by atoms with Crippen LogP contribution < -0.4 is 16.2 Å². The molecule has 0 aliphatic heterocycles. The van der Waals surface area contributed by atoms with E-state index in [0.717, 1.165) is 4.47 Å². The highest BCUT2D eigenvalue weighted by Crippen LogP contribution is 2.27. The van der Waals surface area contributed by atoms with Gasteiger partial charge >= 0.3 is 0 Å².